The summed E-state index contributed by atoms with van der Waals surface area (Å²) >= 11 is 3.54. The van der Waals surface area contributed by atoms with Gasteiger partial charge in [-0.3, -0.25) is 4.79 Å². The van der Waals surface area contributed by atoms with Gasteiger partial charge in [0.05, 0.1) is 11.2 Å². The molecule has 0 radical (unpaired) electrons. The first-order valence-electron chi connectivity index (χ1n) is 11.2. The lowest BCUT2D eigenvalue weighted by Gasteiger charge is -2.33. The van der Waals surface area contributed by atoms with Gasteiger partial charge in [-0.2, -0.15) is 5.26 Å². The molecule has 2 aromatic heterocycles. The second kappa shape index (κ2) is 8.35. The number of anilines is 1. The molecule has 168 valence electrons. The molecule has 33 heavy (non-hydrogen) atoms. The first-order valence-corrected chi connectivity index (χ1v) is 12.0. The molecule has 5 rings (SSSR count). The zero-order chi connectivity index (χ0) is 23.3. The number of hydrogen-bond acceptors (Lipinski definition) is 5. The maximum absolute atomic E-state index is 12.9. The standard InChI is InChI=1S/C26H25BrN4O2/c1-15(2)17-4-7-23-21(12-17)29-25(33-23)16-8-10-31(11-9-16)24-19-13-18(27)5-6-22(19)30(3)26(32)20(24)14-28/h4-7,12-13,15-16H,8-11H2,1-3H3. The van der Waals surface area contributed by atoms with E-state index in [1.165, 1.54) is 5.56 Å². The molecule has 6 nitrogen and oxygen atoms in total. The van der Waals surface area contributed by atoms with Crippen molar-refractivity contribution in [1.29, 1.82) is 5.26 Å². The van der Waals surface area contributed by atoms with Crippen LogP contribution in [0.15, 0.2) is 50.1 Å². The second-order valence-electron chi connectivity index (χ2n) is 9.06. The maximum atomic E-state index is 12.9. The number of benzene rings is 2. The summed E-state index contributed by atoms with van der Waals surface area (Å²) in [6.07, 6.45) is 1.69. The van der Waals surface area contributed by atoms with Crippen LogP contribution < -0.4 is 10.5 Å². The molecule has 3 heterocycles. The summed E-state index contributed by atoms with van der Waals surface area (Å²) in [5.41, 5.74) is 4.48. The SMILES string of the molecule is CC(C)c1ccc2oc(C3CCN(c4c(C#N)c(=O)n(C)c5ccc(Br)cc45)CC3)nc2c1. The van der Waals surface area contributed by atoms with Crippen LogP contribution in [0, 0.1) is 11.3 Å². The number of hydrogen-bond donors (Lipinski definition) is 0. The normalized spacial score (nSPS) is 15.0. The summed E-state index contributed by atoms with van der Waals surface area (Å²) in [6.45, 7) is 5.80. The van der Waals surface area contributed by atoms with Crippen molar-refractivity contribution in [3.8, 4) is 6.07 Å². The predicted molar refractivity (Wildman–Crippen MR) is 134 cm³/mol. The Bertz CT molecular complexity index is 1470. The van der Waals surface area contributed by atoms with Crippen molar-refractivity contribution < 1.29 is 4.42 Å². The molecule has 1 aliphatic rings. The van der Waals surface area contributed by atoms with Crippen LogP contribution >= 0.6 is 15.9 Å². The van der Waals surface area contributed by atoms with Gasteiger partial charge in [0.25, 0.3) is 5.56 Å². The minimum absolute atomic E-state index is 0.199. The topological polar surface area (TPSA) is 75.1 Å². The Balaban J connectivity index is 1.47. The number of aryl methyl sites for hydroxylation is 1. The quantitative estimate of drug-likeness (QED) is 0.351. The van der Waals surface area contributed by atoms with Crippen molar-refractivity contribution in [1.82, 2.24) is 9.55 Å². The van der Waals surface area contributed by atoms with Gasteiger partial charge in [0, 0.05) is 35.9 Å². The Labute approximate surface area is 200 Å². The Hall–Kier alpha value is -3.11. The van der Waals surface area contributed by atoms with Crippen molar-refractivity contribution >= 4 is 43.6 Å². The molecule has 0 unspecified atom stereocenters. The van der Waals surface area contributed by atoms with E-state index < -0.39 is 0 Å². The average Bonchev–Trinajstić information content (AvgIpc) is 3.24. The van der Waals surface area contributed by atoms with E-state index in [9.17, 15) is 10.1 Å². The van der Waals surface area contributed by atoms with E-state index in [0.717, 1.165) is 64.0 Å². The molecule has 1 fully saturated rings. The van der Waals surface area contributed by atoms with Crippen molar-refractivity contribution in [2.24, 2.45) is 7.05 Å². The third-order valence-corrected chi connectivity index (χ3v) is 7.19. The van der Waals surface area contributed by atoms with E-state index in [1.807, 2.05) is 24.3 Å². The van der Waals surface area contributed by atoms with Crippen LogP contribution in [0.25, 0.3) is 22.0 Å². The van der Waals surface area contributed by atoms with Crippen molar-refractivity contribution in [3.05, 3.63) is 68.2 Å². The van der Waals surface area contributed by atoms with E-state index in [-0.39, 0.29) is 17.0 Å². The van der Waals surface area contributed by atoms with Gasteiger partial charge in [0.1, 0.15) is 17.1 Å². The number of aromatic nitrogens is 2. The van der Waals surface area contributed by atoms with Crippen LogP contribution in [-0.4, -0.2) is 22.6 Å². The molecule has 0 atom stereocenters. The van der Waals surface area contributed by atoms with Gasteiger partial charge < -0.3 is 13.9 Å². The monoisotopic (exact) mass is 504 g/mol. The highest BCUT2D eigenvalue weighted by atomic mass is 79.9. The number of rotatable bonds is 3. The summed E-state index contributed by atoms with van der Waals surface area (Å²) in [6, 6.07) is 14.2. The van der Waals surface area contributed by atoms with Crippen LogP contribution in [0.4, 0.5) is 5.69 Å². The molecule has 0 bridgehead atoms. The van der Waals surface area contributed by atoms with Crippen LogP contribution in [0.1, 0.15) is 55.5 Å². The van der Waals surface area contributed by atoms with Gasteiger partial charge in [-0.15, -0.1) is 0 Å². The fraction of sp³-hybridized carbons (Fsp3) is 0.346. The first-order chi connectivity index (χ1) is 15.9. The lowest BCUT2D eigenvalue weighted by molar-refractivity contribution is 0.407. The van der Waals surface area contributed by atoms with Gasteiger partial charge >= 0.3 is 0 Å². The zero-order valence-corrected chi connectivity index (χ0v) is 20.5. The van der Waals surface area contributed by atoms with Crippen LogP contribution in [0.2, 0.25) is 0 Å². The molecule has 2 aromatic carbocycles. The highest BCUT2D eigenvalue weighted by Gasteiger charge is 2.28. The summed E-state index contributed by atoms with van der Waals surface area (Å²) in [5.74, 6) is 1.44. The summed E-state index contributed by atoms with van der Waals surface area (Å²) in [5, 5.41) is 10.7. The van der Waals surface area contributed by atoms with Crippen LogP contribution in [0.5, 0.6) is 0 Å². The van der Waals surface area contributed by atoms with Crippen LogP contribution in [0.3, 0.4) is 0 Å². The van der Waals surface area contributed by atoms with E-state index in [1.54, 1.807) is 11.6 Å². The van der Waals surface area contributed by atoms with Gasteiger partial charge in [-0.05, 0) is 54.7 Å². The van der Waals surface area contributed by atoms with E-state index in [4.69, 9.17) is 9.40 Å². The molecule has 0 saturated carbocycles. The summed E-state index contributed by atoms with van der Waals surface area (Å²) in [4.78, 5) is 19.9. The molecular weight excluding hydrogens is 480 g/mol. The smallest absolute Gasteiger partial charge is 0.270 e. The second-order valence-corrected chi connectivity index (χ2v) is 9.97. The molecule has 0 spiro atoms. The number of fused-ring (bicyclic) bond motifs is 2. The molecule has 0 N–H and O–H groups in total. The average molecular weight is 505 g/mol. The third kappa shape index (κ3) is 3.72. The first kappa shape index (κ1) is 21.7. The van der Waals surface area contributed by atoms with E-state index >= 15 is 0 Å². The predicted octanol–water partition coefficient (Wildman–Crippen LogP) is 5.82. The zero-order valence-electron chi connectivity index (χ0n) is 18.9. The molecule has 7 heteroatoms. The number of halogens is 1. The van der Waals surface area contributed by atoms with E-state index in [0.29, 0.717) is 5.92 Å². The van der Waals surface area contributed by atoms with Crippen molar-refractivity contribution in [3.63, 3.8) is 0 Å². The minimum atomic E-state index is -0.260. The fourth-order valence-corrected chi connectivity index (χ4v) is 5.14. The molecule has 0 amide bonds. The molecule has 0 aliphatic carbocycles. The number of nitrogens with zero attached hydrogens (tertiary/aromatic N) is 4. The summed E-state index contributed by atoms with van der Waals surface area (Å²) in [7, 11) is 1.72. The van der Waals surface area contributed by atoms with Gasteiger partial charge in [0.2, 0.25) is 0 Å². The lowest BCUT2D eigenvalue weighted by Crippen LogP contribution is -2.35. The van der Waals surface area contributed by atoms with Gasteiger partial charge in [-0.1, -0.05) is 35.8 Å². The highest BCUT2D eigenvalue weighted by Crippen LogP contribution is 2.36. The maximum Gasteiger partial charge on any atom is 0.270 e. The lowest BCUT2D eigenvalue weighted by atomic mass is 9.95. The molecule has 1 saturated heterocycles. The number of piperidine rings is 1. The van der Waals surface area contributed by atoms with Crippen LogP contribution in [-0.2, 0) is 7.05 Å². The molecule has 4 aromatic rings. The molecular formula is C26H25BrN4O2. The fourth-order valence-electron chi connectivity index (χ4n) is 4.78. The number of oxazole rings is 1. The Morgan fingerprint density at radius 3 is 2.64 bits per heavy atom. The summed E-state index contributed by atoms with van der Waals surface area (Å²) < 4.78 is 8.58. The Morgan fingerprint density at radius 1 is 1.18 bits per heavy atom. The van der Waals surface area contributed by atoms with Crippen molar-refractivity contribution in [2.45, 2.75) is 38.5 Å². The van der Waals surface area contributed by atoms with Crippen molar-refractivity contribution in [2.75, 3.05) is 18.0 Å². The number of pyridine rings is 1. The Morgan fingerprint density at radius 2 is 1.94 bits per heavy atom. The number of nitriles is 1. The van der Waals surface area contributed by atoms with Gasteiger partial charge in [-0.25, -0.2) is 4.98 Å². The third-order valence-electron chi connectivity index (χ3n) is 6.70. The highest BCUT2D eigenvalue weighted by molar-refractivity contribution is 9.10. The van der Waals surface area contributed by atoms with E-state index in [2.05, 4.69) is 52.9 Å². The van der Waals surface area contributed by atoms with Gasteiger partial charge in [0.15, 0.2) is 11.5 Å². The Kier molecular flexibility index (Phi) is 5.49. The molecule has 1 aliphatic heterocycles. The minimum Gasteiger partial charge on any atom is -0.440 e. The largest absolute Gasteiger partial charge is 0.440 e.